The maximum atomic E-state index is 11.6. The molecule has 1 aliphatic heterocycles. The molecule has 0 amide bonds. The van der Waals surface area contributed by atoms with Crippen molar-refractivity contribution in [3.8, 4) is 17.0 Å². The minimum absolute atomic E-state index is 0.0146. The van der Waals surface area contributed by atoms with Crippen molar-refractivity contribution in [2.24, 2.45) is 0 Å². The number of hydrogen-bond donors (Lipinski definition) is 1. The Kier molecular flexibility index (Phi) is 8.32. The zero-order valence-corrected chi connectivity index (χ0v) is 20.6. The van der Waals surface area contributed by atoms with Gasteiger partial charge in [-0.2, -0.15) is 0 Å². The number of anilines is 1. The normalized spacial score (nSPS) is 13.7. The highest BCUT2D eigenvalue weighted by molar-refractivity contribution is 5.66. The molecule has 1 fully saturated rings. The summed E-state index contributed by atoms with van der Waals surface area (Å²) in [6.45, 7) is 8.12. The molecule has 1 aliphatic rings. The van der Waals surface area contributed by atoms with Crippen LogP contribution in [0.2, 0.25) is 0 Å². The lowest BCUT2D eigenvalue weighted by atomic mass is 10.0. The Labute approximate surface area is 207 Å². The van der Waals surface area contributed by atoms with Gasteiger partial charge in [0.2, 0.25) is 5.88 Å². The van der Waals surface area contributed by atoms with Gasteiger partial charge in [-0.15, -0.1) is 0 Å². The number of nitro groups is 1. The van der Waals surface area contributed by atoms with Crippen molar-refractivity contribution in [1.29, 1.82) is 0 Å². The van der Waals surface area contributed by atoms with Gasteiger partial charge in [-0.3, -0.25) is 15.0 Å². The van der Waals surface area contributed by atoms with Crippen molar-refractivity contribution in [2.45, 2.75) is 52.6 Å². The lowest BCUT2D eigenvalue weighted by molar-refractivity contribution is -0.384. The summed E-state index contributed by atoms with van der Waals surface area (Å²) >= 11 is 0. The number of aryl methyl sites for hydroxylation is 1. The number of likely N-dealkylation sites (tertiary alicyclic amines) is 1. The molecule has 4 rings (SSSR count). The molecular formula is C28H34N4O3. The topological polar surface area (TPSA) is 80.5 Å². The van der Waals surface area contributed by atoms with E-state index < -0.39 is 4.92 Å². The van der Waals surface area contributed by atoms with Crippen LogP contribution in [-0.2, 0) is 13.1 Å². The SMILES string of the molecule is CCCCOc1cc(NCc2ccc(-c3cccc(CN4CCCC4)c3)cc2)c([N+](=O)[O-])c(C)n1. The molecule has 0 bridgehead atoms. The number of unbranched alkanes of at least 4 members (excludes halogenated alkanes) is 1. The molecule has 0 radical (unpaired) electrons. The molecule has 1 N–H and O–H groups in total. The second-order valence-electron chi connectivity index (χ2n) is 9.14. The van der Waals surface area contributed by atoms with E-state index >= 15 is 0 Å². The number of benzene rings is 2. The Morgan fingerprint density at radius 2 is 1.83 bits per heavy atom. The quantitative estimate of drug-likeness (QED) is 0.198. The molecule has 0 saturated carbocycles. The Hall–Kier alpha value is -3.45. The average molecular weight is 475 g/mol. The van der Waals surface area contributed by atoms with Crippen molar-refractivity contribution in [3.63, 3.8) is 0 Å². The fourth-order valence-electron chi connectivity index (χ4n) is 4.46. The maximum absolute atomic E-state index is 11.6. The van der Waals surface area contributed by atoms with Crippen LogP contribution in [0.5, 0.6) is 5.88 Å². The molecule has 3 aromatic rings. The third-order valence-corrected chi connectivity index (χ3v) is 6.38. The fraction of sp³-hybridized carbons (Fsp3) is 0.393. The first kappa shape index (κ1) is 24.7. The van der Waals surface area contributed by atoms with Crippen molar-refractivity contribution < 1.29 is 9.66 Å². The minimum atomic E-state index is -0.390. The zero-order chi connectivity index (χ0) is 24.6. The van der Waals surface area contributed by atoms with E-state index in [4.69, 9.17) is 4.74 Å². The maximum Gasteiger partial charge on any atom is 0.313 e. The van der Waals surface area contributed by atoms with Gasteiger partial charge in [0, 0.05) is 19.2 Å². The highest BCUT2D eigenvalue weighted by Gasteiger charge is 2.21. The smallest absolute Gasteiger partial charge is 0.313 e. The molecule has 0 unspecified atom stereocenters. The summed E-state index contributed by atoms with van der Waals surface area (Å²) in [6.07, 6.45) is 4.51. The molecule has 0 aliphatic carbocycles. The second-order valence-corrected chi connectivity index (χ2v) is 9.14. The second kappa shape index (κ2) is 11.8. The van der Waals surface area contributed by atoms with Gasteiger partial charge in [-0.05, 0) is 67.6 Å². The summed E-state index contributed by atoms with van der Waals surface area (Å²) in [7, 11) is 0. The molecule has 0 spiro atoms. The monoisotopic (exact) mass is 474 g/mol. The van der Waals surface area contributed by atoms with Crippen LogP contribution in [0, 0.1) is 17.0 Å². The van der Waals surface area contributed by atoms with Crippen molar-refractivity contribution in [1.82, 2.24) is 9.88 Å². The number of nitrogens with one attached hydrogen (secondary N) is 1. The fourth-order valence-corrected chi connectivity index (χ4v) is 4.46. The summed E-state index contributed by atoms with van der Waals surface area (Å²) in [5, 5.41) is 14.9. The van der Waals surface area contributed by atoms with E-state index in [1.807, 2.05) is 0 Å². The van der Waals surface area contributed by atoms with Gasteiger partial charge in [-0.25, -0.2) is 4.98 Å². The number of rotatable bonds is 11. The van der Waals surface area contributed by atoms with Crippen LogP contribution in [0.3, 0.4) is 0 Å². The molecule has 2 heterocycles. The summed E-state index contributed by atoms with van der Waals surface area (Å²) < 4.78 is 5.69. The molecule has 35 heavy (non-hydrogen) atoms. The van der Waals surface area contributed by atoms with E-state index in [0.717, 1.165) is 30.5 Å². The predicted octanol–water partition coefficient (Wildman–Crippen LogP) is 6.35. The largest absolute Gasteiger partial charge is 0.478 e. The Balaban J connectivity index is 1.44. The van der Waals surface area contributed by atoms with Crippen LogP contribution in [-0.4, -0.2) is 34.5 Å². The van der Waals surface area contributed by atoms with Crippen molar-refractivity contribution in [2.75, 3.05) is 25.0 Å². The molecule has 7 nitrogen and oxygen atoms in total. The van der Waals surface area contributed by atoms with E-state index in [0.29, 0.717) is 30.4 Å². The van der Waals surface area contributed by atoms with E-state index in [1.165, 1.54) is 37.1 Å². The van der Waals surface area contributed by atoms with Gasteiger partial charge < -0.3 is 10.1 Å². The van der Waals surface area contributed by atoms with E-state index in [-0.39, 0.29) is 5.69 Å². The van der Waals surface area contributed by atoms with E-state index in [9.17, 15) is 10.1 Å². The average Bonchev–Trinajstić information content (AvgIpc) is 3.36. The lowest BCUT2D eigenvalue weighted by Crippen LogP contribution is -2.18. The highest BCUT2D eigenvalue weighted by Crippen LogP contribution is 2.31. The van der Waals surface area contributed by atoms with Crippen LogP contribution in [0.15, 0.2) is 54.6 Å². The van der Waals surface area contributed by atoms with E-state index in [1.54, 1.807) is 13.0 Å². The van der Waals surface area contributed by atoms with Gasteiger partial charge in [0.1, 0.15) is 11.4 Å². The van der Waals surface area contributed by atoms with Crippen LogP contribution >= 0.6 is 0 Å². The van der Waals surface area contributed by atoms with E-state index in [2.05, 4.69) is 70.7 Å². The van der Waals surface area contributed by atoms with Gasteiger partial charge in [0.25, 0.3) is 0 Å². The zero-order valence-electron chi connectivity index (χ0n) is 20.6. The lowest BCUT2D eigenvalue weighted by Gasteiger charge is -2.15. The van der Waals surface area contributed by atoms with Crippen LogP contribution in [0.1, 0.15) is 49.4 Å². The standard InChI is InChI=1S/C28H34N4O3/c1-3-4-16-35-27-18-26(28(32(33)34)21(2)30-27)29-19-22-10-12-24(13-11-22)25-9-7-8-23(17-25)20-31-14-5-6-15-31/h7-13,17-18H,3-6,14-16,19-20H2,1-2H3,(H,29,30). The summed E-state index contributed by atoms with van der Waals surface area (Å²) in [6, 6.07) is 18.7. The van der Waals surface area contributed by atoms with Crippen molar-refractivity contribution >= 4 is 11.4 Å². The third kappa shape index (κ3) is 6.57. The minimum Gasteiger partial charge on any atom is -0.478 e. The first-order valence-corrected chi connectivity index (χ1v) is 12.5. The molecule has 2 aromatic carbocycles. The number of aromatic nitrogens is 1. The van der Waals surface area contributed by atoms with Gasteiger partial charge in [0.15, 0.2) is 0 Å². The summed E-state index contributed by atoms with van der Waals surface area (Å²) in [4.78, 5) is 18.0. The molecule has 7 heteroatoms. The summed E-state index contributed by atoms with van der Waals surface area (Å²) in [5.74, 6) is 0.410. The first-order valence-electron chi connectivity index (χ1n) is 12.5. The molecular weight excluding hydrogens is 440 g/mol. The number of ether oxygens (including phenoxy) is 1. The number of pyridine rings is 1. The molecule has 184 valence electrons. The Morgan fingerprint density at radius 3 is 2.54 bits per heavy atom. The van der Waals surface area contributed by atoms with Crippen LogP contribution in [0.25, 0.3) is 11.1 Å². The number of hydrogen-bond acceptors (Lipinski definition) is 6. The summed E-state index contributed by atoms with van der Waals surface area (Å²) in [5.41, 5.74) is 5.50. The van der Waals surface area contributed by atoms with Crippen LogP contribution in [0.4, 0.5) is 11.4 Å². The van der Waals surface area contributed by atoms with Gasteiger partial charge in [-0.1, -0.05) is 55.8 Å². The Morgan fingerprint density at radius 1 is 1.06 bits per heavy atom. The van der Waals surface area contributed by atoms with Crippen molar-refractivity contribution in [3.05, 3.63) is 81.5 Å². The highest BCUT2D eigenvalue weighted by atomic mass is 16.6. The first-order chi connectivity index (χ1) is 17.0. The van der Waals surface area contributed by atoms with Crippen LogP contribution < -0.4 is 10.1 Å². The molecule has 0 atom stereocenters. The van der Waals surface area contributed by atoms with Gasteiger partial charge >= 0.3 is 5.69 Å². The number of nitrogens with zero attached hydrogens (tertiary/aromatic N) is 3. The van der Waals surface area contributed by atoms with Gasteiger partial charge in [0.05, 0.1) is 11.5 Å². The predicted molar refractivity (Wildman–Crippen MR) is 140 cm³/mol. The molecule has 1 aromatic heterocycles. The third-order valence-electron chi connectivity index (χ3n) is 6.38. The molecule has 1 saturated heterocycles. The Bertz CT molecular complexity index is 1140.